The third-order valence-electron chi connectivity index (χ3n) is 5.10. The van der Waals surface area contributed by atoms with Crippen LogP contribution in [0, 0.1) is 0 Å². The molecule has 1 aliphatic heterocycles. The van der Waals surface area contributed by atoms with Crippen LogP contribution in [0.2, 0.25) is 5.02 Å². The van der Waals surface area contributed by atoms with Crippen LogP contribution in [-0.4, -0.2) is 51.5 Å². The summed E-state index contributed by atoms with van der Waals surface area (Å²) in [6, 6.07) is 12.1. The summed E-state index contributed by atoms with van der Waals surface area (Å²) >= 11 is 5.92. The third kappa shape index (κ3) is 4.71. The Morgan fingerprint density at radius 1 is 1.07 bits per heavy atom. The molecule has 0 aliphatic carbocycles. The van der Waals surface area contributed by atoms with Gasteiger partial charge in [-0.05, 0) is 55.7 Å². The Labute approximate surface area is 179 Å². The number of rotatable bonds is 5. The standard InChI is InChI=1S/C21H23ClN6O2/c22-16-5-4-6-17(14-16)24-21(30)23-9-12-28-19-8-7-15(13-18(19)25-26-28)20(29)27-10-2-1-3-11-27/h4-8,13-14H,1-3,9-12H2,(H2,23,24,30). The van der Waals surface area contributed by atoms with Gasteiger partial charge in [0.1, 0.15) is 5.52 Å². The highest BCUT2D eigenvalue weighted by Crippen LogP contribution is 2.18. The van der Waals surface area contributed by atoms with E-state index in [2.05, 4.69) is 20.9 Å². The number of hydrogen-bond acceptors (Lipinski definition) is 4. The molecule has 2 N–H and O–H groups in total. The lowest BCUT2D eigenvalue weighted by Crippen LogP contribution is -2.35. The Bertz CT molecular complexity index is 1060. The zero-order valence-electron chi connectivity index (χ0n) is 16.5. The van der Waals surface area contributed by atoms with Gasteiger partial charge >= 0.3 is 6.03 Å². The largest absolute Gasteiger partial charge is 0.339 e. The van der Waals surface area contributed by atoms with Crippen LogP contribution in [0.15, 0.2) is 42.5 Å². The van der Waals surface area contributed by atoms with Crippen LogP contribution in [0.5, 0.6) is 0 Å². The van der Waals surface area contributed by atoms with E-state index in [0.29, 0.717) is 34.9 Å². The van der Waals surface area contributed by atoms with Crippen LogP contribution in [0.4, 0.5) is 10.5 Å². The molecule has 30 heavy (non-hydrogen) atoms. The summed E-state index contributed by atoms with van der Waals surface area (Å²) in [5.41, 5.74) is 2.75. The molecule has 1 saturated heterocycles. The van der Waals surface area contributed by atoms with E-state index in [1.165, 1.54) is 6.42 Å². The Kier molecular flexibility index (Phi) is 6.13. The van der Waals surface area contributed by atoms with E-state index < -0.39 is 0 Å². The van der Waals surface area contributed by atoms with Gasteiger partial charge in [-0.15, -0.1) is 5.10 Å². The number of nitrogens with one attached hydrogen (secondary N) is 2. The average Bonchev–Trinajstić information content (AvgIpc) is 3.16. The van der Waals surface area contributed by atoms with E-state index in [1.54, 1.807) is 35.0 Å². The fourth-order valence-corrected chi connectivity index (χ4v) is 3.76. The van der Waals surface area contributed by atoms with Gasteiger partial charge < -0.3 is 15.5 Å². The van der Waals surface area contributed by atoms with Crippen molar-refractivity contribution in [3.8, 4) is 0 Å². The molecule has 1 aromatic heterocycles. The maximum absolute atomic E-state index is 12.7. The quantitative estimate of drug-likeness (QED) is 0.652. The molecule has 3 aromatic rings. The lowest BCUT2D eigenvalue weighted by atomic mass is 10.1. The fourth-order valence-electron chi connectivity index (χ4n) is 3.57. The van der Waals surface area contributed by atoms with Gasteiger partial charge in [0, 0.05) is 35.9 Å². The van der Waals surface area contributed by atoms with Gasteiger partial charge in [0.05, 0.1) is 12.1 Å². The molecule has 9 heteroatoms. The summed E-state index contributed by atoms with van der Waals surface area (Å²) in [6.07, 6.45) is 3.30. The van der Waals surface area contributed by atoms with Gasteiger partial charge in [-0.25, -0.2) is 9.48 Å². The lowest BCUT2D eigenvalue weighted by Gasteiger charge is -2.26. The Morgan fingerprint density at radius 2 is 1.90 bits per heavy atom. The summed E-state index contributed by atoms with van der Waals surface area (Å²) in [6.45, 7) is 2.46. The number of carbonyl (C=O) groups excluding carboxylic acids is 2. The van der Waals surface area contributed by atoms with E-state index in [1.807, 2.05) is 17.0 Å². The van der Waals surface area contributed by atoms with Gasteiger partial charge in [0.15, 0.2) is 0 Å². The summed E-state index contributed by atoms with van der Waals surface area (Å²) in [7, 11) is 0. The first-order valence-corrected chi connectivity index (χ1v) is 10.4. The van der Waals surface area contributed by atoms with E-state index >= 15 is 0 Å². The zero-order valence-corrected chi connectivity index (χ0v) is 17.2. The van der Waals surface area contributed by atoms with Gasteiger partial charge in [0.2, 0.25) is 0 Å². The molecule has 156 valence electrons. The normalized spacial score (nSPS) is 14.0. The fraction of sp³-hybridized carbons (Fsp3) is 0.333. The first-order valence-electron chi connectivity index (χ1n) is 10.0. The molecular formula is C21H23ClN6O2. The third-order valence-corrected chi connectivity index (χ3v) is 5.33. The Morgan fingerprint density at radius 3 is 2.70 bits per heavy atom. The molecule has 2 heterocycles. The number of likely N-dealkylation sites (tertiary alicyclic amines) is 1. The number of anilines is 1. The van der Waals surface area contributed by atoms with E-state index in [9.17, 15) is 9.59 Å². The first kappa shape index (κ1) is 20.2. The predicted molar refractivity (Wildman–Crippen MR) is 116 cm³/mol. The van der Waals surface area contributed by atoms with Crippen LogP contribution < -0.4 is 10.6 Å². The number of aromatic nitrogens is 3. The second-order valence-corrected chi connectivity index (χ2v) is 7.70. The molecule has 0 radical (unpaired) electrons. The van der Waals surface area contributed by atoms with Crippen molar-refractivity contribution in [3.05, 3.63) is 53.1 Å². The van der Waals surface area contributed by atoms with Crippen LogP contribution in [0.1, 0.15) is 29.6 Å². The average molecular weight is 427 g/mol. The van der Waals surface area contributed by atoms with Crippen LogP contribution >= 0.6 is 11.6 Å². The number of halogens is 1. The number of piperidine rings is 1. The van der Waals surface area contributed by atoms with Crippen molar-refractivity contribution in [2.45, 2.75) is 25.8 Å². The van der Waals surface area contributed by atoms with Gasteiger partial charge in [0.25, 0.3) is 5.91 Å². The number of carbonyl (C=O) groups is 2. The van der Waals surface area contributed by atoms with Crippen molar-refractivity contribution in [1.29, 1.82) is 0 Å². The molecule has 3 amide bonds. The zero-order chi connectivity index (χ0) is 20.9. The molecule has 0 spiro atoms. The first-order chi connectivity index (χ1) is 14.6. The monoisotopic (exact) mass is 426 g/mol. The van der Waals surface area contributed by atoms with Gasteiger partial charge in [-0.3, -0.25) is 4.79 Å². The molecule has 1 fully saturated rings. The van der Waals surface area contributed by atoms with Crippen molar-refractivity contribution >= 4 is 40.3 Å². The van der Waals surface area contributed by atoms with Crippen molar-refractivity contribution in [1.82, 2.24) is 25.2 Å². The van der Waals surface area contributed by atoms with Gasteiger partial charge in [-0.2, -0.15) is 0 Å². The Hall–Kier alpha value is -3.13. The highest BCUT2D eigenvalue weighted by molar-refractivity contribution is 6.30. The lowest BCUT2D eigenvalue weighted by molar-refractivity contribution is 0.0724. The molecular weight excluding hydrogens is 404 g/mol. The molecule has 0 unspecified atom stereocenters. The second kappa shape index (κ2) is 9.13. The number of amides is 3. The number of hydrogen-bond donors (Lipinski definition) is 2. The molecule has 0 bridgehead atoms. The van der Waals surface area contributed by atoms with Crippen molar-refractivity contribution in [2.24, 2.45) is 0 Å². The number of fused-ring (bicyclic) bond motifs is 1. The highest BCUT2D eigenvalue weighted by atomic mass is 35.5. The summed E-state index contributed by atoms with van der Waals surface area (Å²) in [4.78, 5) is 26.6. The number of nitrogens with zero attached hydrogens (tertiary/aromatic N) is 4. The van der Waals surface area contributed by atoms with Crippen LogP contribution in [0.25, 0.3) is 11.0 Å². The van der Waals surface area contributed by atoms with Crippen molar-refractivity contribution in [3.63, 3.8) is 0 Å². The minimum Gasteiger partial charge on any atom is -0.339 e. The minimum absolute atomic E-state index is 0.0468. The smallest absolute Gasteiger partial charge is 0.319 e. The van der Waals surface area contributed by atoms with E-state index in [-0.39, 0.29) is 11.9 Å². The second-order valence-electron chi connectivity index (χ2n) is 7.26. The maximum atomic E-state index is 12.7. The highest BCUT2D eigenvalue weighted by Gasteiger charge is 2.19. The summed E-state index contributed by atoms with van der Waals surface area (Å²) < 4.78 is 1.71. The Balaban J connectivity index is 1.34. The van der Waals surface area contributed by atoms with Gasteiger partial charge in [-0.1, -0.05) is 22.9 Å². The minimum atomic E-state index is -0.323. The summed E-state index contributed by atoms with van der Waals surface area (Å²) in [5, 5.41) is 14.4. The van der Waals surface area contributed by atoms with E-state index in [0.717, 1.165) is 31.4 Å². The molecule has 4 rings (SSSR count). The SMILES string of the molecule is O=C(NCCn1nnc2cc(C(=O)N3CCCCC3)ccc21)Nc1cccc(Cl)c1. The van der Waals surface area contributed by atoms with Crippen LogP contribution in [0.3, 0.4) is 0 Å². The molecule has 1 aliphatic rings. The van der Waals surface area contributed by atoms with Crippen LogP contribution in [-0.2, 0) is 6.54 Å². The molecule has 2 aromatic carbocycles. The topological polar surface area (TPSA) is 92.1 Å². The number of benzene rings is 2. The predicted octanol–water partition coefficient (Wildman–Crippen LogP) is 3.53. The molecule has 0 atom stereocenters. The van der Waals surface area contributed by atoms with Crippen molar-refractivity contribution in [2.75, 3.05) is 25.0 Å². The molecule has 8 nitrogen and oxygen atoms in total. The maximum Gasteiger partial charge on any atom is 0.319 e. The van der Waals surface area contributed by atoms with E-state index in [4.69, 9.17) is 11.6 Å². The van der Waals surface area contributed by atoms with Crippen molar-refractivity contribution < 1.29 is 9.59 Å². The number of urea groups is 1. The summed E-state index contributed by atoms with van der Waals surface area (Å²) in [5.74, 6) is 0.0468. The molecule has 0 saturated carbocycles.